The van der Waals surface area contributed by atoms with Gasteiger partial charge >= 0.3 is 0 Å². The average Bonchev–Trinajstić information content (AvgIpc) is 2.69. The van der Waals surface area contributed by atoms with E-state index in [9.17, 15) is 20.1 Å². The summed E-state index contributed by atoms with van der Waals surface area (Å²) in [5.41, 5.74) is -0.646. The maximum absolute atomic E-state index is 13.0. The van der Waals surface area contributed by atoms with Crippen LogP contribution in [0.4, 0.5) is 0 Å². The van der Waals surface area contributed by atoms with Crippen molar-refractivity contribution in [2.75, 3.05) is 12.8 Å². The molecule has 2 aliphatic heterocycles. The number of rotatable bonds is 8. The second-order valence-corrected chi connectivity index (χ2v) is 9.43. The standard InChI is InChI=1S/C20H38N2O5S/c1-5-6-7-12-8-9-21-13(10-12)19(26)22-14(11(2)3)18-16(24)15(23)17(25)20(27-18)28-4/h11-18,20-21,23-25H,5-10H2,1-4H3,(H,22,26). The van der Waals surface area contributed by atoms with Crippen LogP contribution in [0.1, 0.15) is 52.9 Å². The van der Waals surface area contributed by atoms with Crippen LogP contribution >= 0.6 is 11.8 Å². The molecule has 0 bridgehead atoms. The number of aliphatic hydroxyl groups excluding tert-OH is 3. The average molecular weight is 419 g/mol. The van der Waals surface area contributed by atoms with E-state index >= 15 is 0 Å². The predicted octanol–water partition coefficient (Wildman–Crippen LogP) is 0.856. The molecule has 8 unspecified atom stereocenters. The Morgan fingerprint density at radius 1 is 1.25 bits per heavy atom. The van der Waals surface area contributed by atoms with Crippen LogP contribution in [-0.4, -0.2) is 76.0 Å². The number of thioether (sulfide) groups is 1. The maximum atomic E-state index is 13.0. The first kappa shape index (κ1) is 23.9. The smallest absolute Gasteiger partial charge is 0.237 e. The zero-order chi connectivity index (χ0) is 20.8. The lowest BCUT2D eigenvalue weighted by Crippen LogP contribution is -2.65. The molecule has 0 aromatic heterocycles. The zero-order valence-corrected chi connectivity index (χ0v) is 18.3. The van der Waals surface area contributed by atoms with Crippen LogP contribution < -0.4 is 10.6 Å². The Morgan fingerprint density at radius 2 is 1.96 bits per heavy atom. The SMILES string of the molecule is CCCCC1CCNC(C(=O)NC(C(C)C)C2OC(SC)C(O)C(O)C2O)C1. The fourth-order valence-electron chi connectivity index (χ4n) is 4.21. The van der Waals surface area contributed by atoms with Crippen LogP contribution in [0.25, 0.3) is 0 Å². The van der Waals surface area contributed by atoms with Gasteiger partial charge in [-0.1, -0.05) is 40.0 Å². The van der Waals surface area contributed by atoms with E-state index in [1.807, 2.05) is 13.8 Å². The molecule has 2 aliphatic rings. The van der Waals surface area contributed by atoms with E-state index < -0.39 is 35.9 Å². The van der Waals surface area contributed by atoms with E-state index in [2.05, 4.69) is 17.6 Å². The van der Waals surface area contributed by atoms with Crippen LogP contribution in [0.2, 0.25) is 0 Å². The minimum Gasteiger partial charge on any atom is -0.388 e. The lowest BCUT2D eigenvalue weighted by atomic mass is 9.86. The molecule has 1 amide bonds. The van der Waals surface area contributed by atoms with Gasteiger partial charge in [-0.05, 0) is 37.5 Å². The predicted molar refractivity (Wildman–Crippen MR) is 111 cm³/mol. The normalized spacial score (nSPS) is 37.6. The third-order valence-corrected chi connectivity index (χ3v) is 6.87. The van der Waals surface area contributed by atoms with E-state index in [4.69, 9.17) is 4.74 Å². The molecule has 28 heavy (non-hydrogen) atoms. The van der Waals surface area contributed by atoms with Crippen LogP contribution in [0.5, 0.6) is 0 Å². The van der Waals surface area contributed by atoms with E-state index in [1.54, 1.807) is 6.26 Å². The summed E-state index contributed by atoms with van der Waals surface area (Å²) < 4.78 is 5.88. The first-order valence-electron chi connectivity index (χ1n) is 10.6. The first-order chi connectivity index (χ1) is 13.3. The highest BCUT2D eigenvalue weighted by atomic mass is 32.2. The molecular formula is C20H38N2O5S. The molecule has 0 aliphatic carbocycles. The Morgan fingerprint density at radius 3 is 2.57 bits per heavy atom. The number of unbranched alkanes of at least 4 members (excludes halogenated alkanes) is 1. The van der Waals surface area contributed by atoms with Gasteiger partial charge in [-0.2, -0.15) is 0 Å². The second-order valence-electron chi connectivity index (χ2n) is 8.49. The number of nitrogens with one attached hydrogen (secondary N) is 2. The fraction of sp³-hybridized carbons (Fsp3) is 0.950. The van der Waals surface area contributed by atoms with Crippen LogP contribution in [0.15, 0.2) is 0 Å². The number of piperidine rings is 1. The monoisotopic (exact) mass is 418 g/mol. The van der Waals surface area contributed by atoms with Crippen molar-refractivity contribution in [2.24, 2.45) is 11.8 Å². The van der Waals surface area contributed by atoms with Crippen molar-refractivity contribution in [3.05, 3.63) is 0 Å². The van der Waals surface area contributed by atoms with E-state index in [-0.39, 0.29) is 17.9 Å². The highest BCUT2D eigenvalue weighted by Crippen LogP contribution is 2.30. The first-order valence-corrected chi connectivity index (χ1v) is 11.8. The van der Waals surface area contributed by atoms with Gasteiger partial charge in [-0.3, -0.25) is 4.79 Å². The summed E-state index contributed by atoms with van der Waals surface area (Å²) in [4.78, 5) is 13.0. The highest BCUT2D eigenvalue weighted by Gasteiger charge is 2.47. The number of hydrogen-bond donors (Lipinski definition) is 5. The summed E-state index contributed by atoms with van der Waals surface area (Å²) in [5, 5.41) is 37.2. The third kappa shape index (κ3) is 5.83. The molecule has 164 valence electrons. The molecule has 2 heterocycles. The van der Waals surface area contributed by atoms with Crippen LogP contribution in [-0.2, 0) is 9.53 Å². The molecule has 2 rings (SSSR count). The van der Waals surface area contributed by atoms with Gasteiger partial charge in [0, 0.05) is 0 Å². The van der Waals surface area contributed by atoms with Gasteiger partial charge in [0.05, 0.1) is 12.1 Å². The fourth-order valence-corrected chi connectivity index (χ4v) is 4.89. The van der Waals surface area contributed by atoms with E-state index in [0.717, 1.165) is 32.2 Å². The minimum atomic E-state index is -1.31. The zero-order valence-electron chi connectivity index (χ0n) is 17.5. The number of hydrogen-bond acceptors (Lipinski definition) is 7. The van der Waals surface area contributed by atoms with Crippen molar-refractivity contribution in [1.82, 2.24) is 10.6 Å². The van der Waals surface area contributed by atoms with Crippen molar-refractivity contribution in [3.8, 4) is 0 Å². The summed E-state index contributed by atoms with van der Waals surface area (Å²) in [6, 6.07) is -0.707. The molecule has 8 heteroatoms. The van der Waals surface area contributed by atoms with Gasteiger partial charge in [0.25, 0.3) is 0 Å². The van der Waals surface area contributed by atoms with Gasteiger partial charge < -0.3 is 30.7 Å². The molecule has 0 aromatic rings. The summed E-state index contributed by atoms with van der Waals surface area (Å²) in [6.07, 6.45) is 2.69. The van der Waals surface area contributed by atoms with Gasteiger partial charge in [-0.15, -0.1) is 11.8 Å². The lowest BCUT2D eigenvalue weighted by molar-refractivity contribution is -0.208. The molecule has 7 nitrogen and oxygen atoms in total. The number of amides is 1. The third-order valence-electron chi connectivity index (χ3n) is 6.01. The summed E-state index contributed by atoms with van der Waals surface area (Å²) in [6.45, 7) is 6.91. The maximum Gasteiger partial charge on any atom is 0.237 e. The summed E-state index contributed by atoms with van der Waals surface area (Å²) in [5.74, 6) is 0.467. The summed E-state index contributed by atoms with van der Waals surface area (Å²) >= 11 is 1.28. The second kappa shape index (κ2) is 11.1. The van der Waals surface area contributed by atoms with Crippen LogP contribution in [0, 0.1) is 11.8 Å². The quantitative estimate of drug-likeness (QED) is 0.397. The molecule has 0 saturated carbocycles. The highest BCUT2D eigenvalue weighted by molar-refractivity contribution is 7.99. The minimum absolute atomic E-state index is 0.00646. The van der Waals surface area contributed by atoms with Gasteiger partial charge in [0.1, 0.15) is 29.9 Å². The van der Waals surface area contributed by atoms with E-state index in [0.29, 0.717) is 5.92 Å². The molecule has 8 atom stereocenters. The van der Waals surface area contributed by atoms with Gasteiger partial charge in [-0.25, -0.2) is 0 Å². The van der Waals surface area contributed by atoms with Crippen molar-refractivity contribution < 1.29 is 24.9 Å². The van der Waals surface area contributed by atoms with Crippen molar-refractivity contribution >= 4 is 17.7 Å². The molecule has 0 spiro atoms. The van der Waals surface area contributed by atoms with E-state index in [1.165, 1.54) is 18.2 Å². The van der Waals surface area contributed by atoms with Crippen LogP contribution in [0.3, 0.4) is 0 Å². The molecular weight excluding hydrogens is 380 g/mol. The lowest BCUT2D eigenvalue weighted by Gasteiger charge is -2.44. The number of aliphatic hydroxyl groups is 3. The van der Waals surface area contributed by atoms with Gasteiger partial charge in [0.2, 0.25) is 5.91 Å². The Labute approximate surface area is 173 Å². The topological polar surface area (TPSA) is 111 Å². The Hall–Kier alpha value is -0.380. The summed E-state index contributed by atoms with van der Waals surface area (Å²) in [7, 11) is 0. The Bertz CT molecular complexity index is 493. The van der Waals surface area contributed by atoms with Crippen molar-refractivity contribution in [1.29, 1.82) is 0 Å². The van der Waals surface area contributed by atoms with Gasteiger partial charge in [0.15, 0.2) is 0 Å². The Balaban J connectivity index is 2.04. The molecule has 2 saturated heterocycles. The largest absolute Gasteiger partial charge is 0.388 e. The number of carbonyl (C=O) groups excluding carboxylic acids is 1. The molecule has 0 radical (unpaired) electrons. The van der Waals surface area contributed by atoms with Crippen molar-refractivity contribution in [3.63, 3.8) is 0 Å². The van der Waals surface area contributed by atoms with Crippen molar-refractivity contribution in [2.45, 2.75) is 94.8 Å². The number of carbonyl (C=O) groups is 1. The molecule has 0 aromatic carbocycles. The Kier molecular flexibility index (Phi) is 9.50. The molecule has 2 fully saturated rings. The number of ether oxygens (including phenoxy) is 1. The molecule has 5 N–H and O–H groups in total.